The second-order valence-electron chi connectivity index (χ2n) is 7.32. The van der Waals surface area contributed by atoms with Gasteiger partial charge < -0.3 is 10.4 Å². The zero-order chi connectivity index (χ0) is 12.7. The van der Waals surface area contributed by atoms with Gasteiger partial charge in [0.1, 0.15) is 0 Å². The van der Waals surface area contributed by atoms with E-state index in [9.17, 15) is 5.11 Å². The maximum absolute atomic E-state index is 10.1. The Balaban J connectivity index is 1.68. The second-order valence-corrected chi connectivity index (χ2v) is 7.32. The second kappa shape index (κ2) is 4.55. The third-order valence-corrected chi connectivity index (χ3v) is 5.66. The molecule has 2 heteroatoms. The maximum Gasteiger partial charge on any atom is 0.0667 e. The first-order valence-corrected chi connectivity index (χ1v) is 7.27. The van der Waals surface area contributed by atoms with Gasteiger partial charge in [-0.05, 0) is 23.2 Å². The van der Waals surface area contributed by atoms with Gasteiger partial charge >= 0.3 is 0 Å². The minimum absolute atomic E-state index is 0.148. The van der Waals surface area contributed by atoms with Crippen LogP contribution in [0.5, 0.6) is 0 Å². The van der Waals surface area contributed by atoms with E-state index < -0.39 is 0 Å². The first-order valence-electron chi connectivity index (χ1n) is 7.27. The molecule has 0 bridgehead atoms. The van der Waals surface area contributed by atoms with Crippen LogP contribution in [0.25, 0.3) is 0 Å². The minimum Gasteiger partial charge on any atom is -0.392 e. The molecule has 0 aromatic heterocycles. The smallest absolute Gasteiger partial charge is 0.0667 e. The number of hydrogen-bond acceptors (Lipinski definition) is 2. The van der Waals surface area contributed by atoms with Crippen LogP contribution in [0.3, 0.4) is 0 Å². The molecule has 1 unspecified atom stereocenters. The molecule has 1 atom stereocenters. The van der Waals surface area contributed by atoms with Crippen LogP contribution in [-0.2, 0) is 0 Å². The molecule has 0 aromatic carbocycles. The van der Waals surface area contributed by atoms with Crippen molar-refractivity contribution in [2.75, 3.05) is 6.54 Å². The summed E-state index contributed by atoms with van der Waals surface area (Å²) in [5.41, 5.74) is 0.750. The van der Waals surface area contributed by atoms with Gasteiger partial charge in [-0.3, -0.25) is 0 Å². The highest BCUT2D eigenvalue weighted by molar-refractivity contribution is 5.17. The number of aliphatic hydroxyl groups is 1. The quantitative estimate of drug-likeness (QED) is 0.773. The SMILES string of the molecule is CC1(C)C(NCC(O)CC2CCCC2)C1(C)C. The van der Waals surface area contributed by atoms with Crippen molar-refractivity contribution in [1.29, 1.82) is 0 Å². The monoisotopic (exact) mass is 239 g/mol. The van der Waals surface area contributed by atoms with Gasteiger partial charge in [-0.25, -0.2) is 0 Å². The first-order chi connectivity index (χ1) is 7.85. The highest BCUT2D eigenvalue weighted by atomic mass is 16.3. The van der Waals surface area contributed by atoms with Crippen LogP contribution in [0.15, 0.2) is 0 Å². The van der Waals surface area contributed by atoms with E-state index in [0.29, 0.717) is 16.9 Å². The fourth-order valence-electron chi connectivity index (χ4n) is 3.67. The summed E-state index contributed by atoms with van der Waals surface area (Å²) in [5.74, 6) is 0.784. The molecule has 100 valence electrons. The Hall–Kier alpha value is -0.0800. The summed E-state index contributed by atoms with van der Waals surface area (Å²) in [5, 5.41) is 13.6. The van der Waals surface area contributed by atoms with Crippen LogP contribution in [0.4, 0.5) is 0 Å². The van der Waals surface area contributed by atoms with E-state index in [-0.39, 0.29) is 6.10 Å². The molecule has 17 heavy (non-hydrogen) atoms. The van der Waals surface area contributed by atoms with Crippen LogP contribution in [0.2, 0.25) is 0 Å². The predicted octanol–water partition coefficient (Wildman–Crippen LogP) is 2.95. The van der Waals surface area contributed by atoms with Gasteiger partial charge in [0.25, 0.3) is 0 Å². The predicted molar refractivity (Wildman–Crippen MR) is 71.9 cm³/mol. The molecule has 0 amide bonds. The molecule has 2 saturated carbocycles. The Morgan fingerprint density at radius 3 is 2.12 bits per heavy atom. The van der Waals surface area contributed by atoms with Crippen LogP contribution in [0.1, 0.15) is 59.8 Å². The van der Waals surface area contributed by atoms with Crippen LogP contribution in [-0.4, -0.2) is 23.8 Å². The van der Waals surface area contributed by atoms with E-state index in [2.05, 4.69) is 33.0 Å². The van der Waals surface area contributed by atoms with E-state index in [1.165, 1.54) is 25.7 Å². The summed E-state index contributed by atoms with van der Waals surface area (Å²) in [6.07, 6.45) is 6.25. The van der Waals surface area contributed by atoms with Crippen molar-refractivity contribution in [3.8, 4) is 0 Å². The zero-order valence-electron chi connectivity index (χ0n) is 11.9. The van der Waals surface area contributed by atoms with E-state index in [1.807, 2.05) is 0 Å². The molecule has 2 nitrogen and oxygen atoms in total. The number of rotatable bonds is 5. The lowest BCUT2D eigenvalue weighted by Crippen LogP contribution is -2.32. The summed E-state index contributed by atoms with van der Waals surface area (Å²) >= 11 is 0. The molecule has 2 rings (SSSR count). The van der Waals surface area contributed by atoms with Crippen molar-refractivity contribution in [3.63, 3.8) is 0 Å². The third-order valence-electron chi connectivity index (χ3n) is 5.66. The van der Waals surface area contributed by atoms with E-state index in [4.69, 9.17) is 0 Å². The van der Waals surface area contributed by atoms with Gasteiger partial charge in [0.2, 0.25) is 0 Å². The summed E-state index contributed by atoms with van der Waals surface area (Å²) in [4.78, 5) is 0. The fourth-order valence-corrected chi connectivity index (χ4v) is 3.67. The van der Waals surface area contributed by atoms with Crippen LogP contribution >= 0.6 is 0 Å². The number of aliphatic hydroxyl groups excluding tert-OH is 1. The van der Waals surface area contributed by atoms with Gasteiger partial charge in [0.15, 0.2) is 0 Å². The van der Waals surface area contributed by atoms with Gasteiger partial charge in [0.05, 0.1) is 6.10 Å². The number of nitrogens with one attached hydrogen (secondary N) is 1. The molecular formula is C15H29NO. The highest BCUT2D eigenvalue weighted by Gasteiger charge is 2.64. The Kier molecular flexibility index (Phi) is 3.57. The first kappa shape index (κ1) is 13.4. The lowest BCUT2D eigenvalue weighted by Gasteiger charge is -2.16. The van der Waals surface area contributed by atoms with Crippen molar-refractivity contribution >= 4 is 0 Å². The molecular weight excluding hydrogens is 210 g/mol. The van der Waals surface area contributed by atoms with Gasteiger partial charge in [-0.2, -0.15) is 0 Å². The van der Waals surface area contributed by atoms with Crippen molar-refractivity contribution < 1.29 is 5.11 Å². The maximum atomic E-state index is 10.1. The fraction of sp³-hybridized carbons (Fsp3) is 1.00. The third kappa shape index (κ3) is 2.53. The molecule has 2 fully saturated rings. The number of hydrogen-bond donors (Lipinski definition) is 2. The Bertz CT molecular complexity index is 252. The summed E-state index contributed by atoms with van der Waals surface area (Å²) in [6.45, 7) is 10.0. The van der Waals surface area contributed by atoms with E-state index in [1.54, 1.807) is 0 Å². The normalized spacial score (nSPS) is 29.5. The Morgan fingerprint density at radius 2 is 1.65 bits per heavy atom. The van der Waals surface area contributed by atoms with Gasteiger partial charge in [-0.1, -0.05) is 53.4 Å². The van der Waals surface area contributed by atoms with Crippen molar-refractivity contribution in [3.05, 3.63) is 0 Å². The summed E-state index contributed by atoms with van der Waals surface area (Å²) < 4.78 is 0. The molecule has 2 aliphatic carbocycles. The van der Waals surface area contributed by atoms with Crippen molar-refractivity contribution in [2.24, 2.45) is 16.7 Å². The van der Waals surface area contributed by atoms with Gasteiger partial charge in [0, 0.05) is 12.6 Å². The van der Waals surface area contributed by atoms with Crippen molar-refractivity contribution in [2.45, 2.75) is 71.9 Å². The van der Waals surface area contributed by atoms with Crippen LogP contribution < -0.4 is 5.32 Å². The van der Waals surface area contributed by atoms with E-state index in [0.717, 1.165) is 18.9 Å². The molecule has 0 heterocycles. The molecule has 0 radical (unpaired) electrons. The standard InChI is InChI=1S/C15H29NO/c1-14(2)13(15(14,3)4)16-10-12(17)9-11-7-5-6-8-11/h11-13,16-17H,5-10H2,1-4H3. The van der Waals surface area contributed by atoms with Crippen molar-refractivity contribution in [1.82, 2.24) is 5.32 Å². The molecule has 2 aliphatic rings. The molecule has 0 aromatic rings. The van der Waals surface area contributed by atoms with E-state index >= 15 is 0 Å². The Labute approximate surface area is 106 Å². The Morgan fingerprint density at radius 1 is 1.12 bits per heavy atom. The minimum atomic E-state index is -0.148. The van der Waals surface area contributed by atoms with Gasteiger partial charge in [-0.15, -0.1) is 0 Å². The van der Waals surface area contributed by atoms with Crippen LogP contribution in [0, 0.1) is 16.7 Å². The zero-order valence-corrected chi connectivity index (χ0v) is 11.9. The summed E-state index contributed by atoms with van der Waals surface area (Å²) in [7, 11) is 0. The molecule has 0 spiro atoms. The molecule has 0 saturated heterocycles. The largest absolute Gasteiger partial charge is 0.392 e. The summed E-state index contributed by atoms with van der Waals surface area (Å²) in [6, 6.07) is 0.563. The average molecular weight is 239 g/mol. The molecule has 0 aliphatic heterocycles. The lowest BCUT2D eigenvalue weighted by atomic mass is 10.00. The lowest BCUT2D eigenvalue weighted by molar-refractivity contribution is 0.138. The molecule has 2 N–H and O–H groups in total. The topological polar surface area (TPSA) is 32.3 Å². The average Bonchev–Trinajstić information content (AvgIpc) is 2.61. The highest BCUT2D eigenvalue weighted by Crippen LogP contribution is 2.62.